The molecule has 4 rings (SSSR count). The van der Waals surface area contributed by atoms with E-state index in [1.165, 1.54) is 0 Å². The summed E-state index contributed by atoms with van der Waals surface area (Å²) in [5, 5.41) is 0. The van der Waals surface area contributed by atoms with Crippen molar-refractivity contribution in [3.8, 4) is 23.0 Å². The molecule has 2 aromatic rings. The number of amides is 1. The minimum absolute atomic E-state index is 0.00437. The van der Waals surface area contributed by atoms with Crippen molar-refractivity contribution in [2.45, 2.75) is 18.4 Å². The molecule has 0 aliphatic carbocycles. The summed E-state index contributed by atoms with van der Waals surface area (Å²) in [5.74, 6) is 2.11. The van der Waals surface area contributed by atoms with E-state index in [1.54, 1.807) is 49.5 Å². The lowest BCUT2D eigenvalue weighted by Crippen LogP contribution is -2.45. The molecule has 1 spiro atoms. The highest BCUT2D eigenvalue weighted by atomic mass is 16.5. The van der Waals surface area contributed by atoms with Crippen LogP contribution in [0.2, 0.25) is 0 Å². The van der Waals surface area contributed by atoms with Crippen molar-refractivity contribution < 1.29 is 28.5 Å². The Balaban J connectivity index is 1.42. The third kappa shape index (κ3) is 3.72. The van der Waals surface area contributed by atoms with Gasteiger partial charge < -0.3 is 23.8 Å². The molecule has 1 atom stereocenters. The standard InChI is InChI=1S/C22H23NO6/c1-26-15-7-8-18-16(11-15)17(24)12-22(29-18)9-10-23(14-22)21(25)13-28-20-6-4-3-5-19(20)27-2/h3-8,11H,9-10,12-14H2,1-2H3. The molecule has 2 heterocycles. The summed E-state index contributed by atoms with van der Waals surface area (Å²) in [4.78, 5) is 27.0. The Morgan fingerprint density at radius 3 is 2.69 bits per heavy atom. The Labute approximate surface area is 169 Å². The van der Waals surface area contributed by atoms with Crippen molar-refractivity contribution in [1.29, 1.82) is 0 Å². The predicted molar refractivity (Wildman–Crippen MR) is 105 cm³/mol. The number of nitrogens with zero attached hydrogens (tertiary/aromatic N) is 1. The molecule has 1 amide bonds. The molecule has 2 aliphatic heterocycles. The lowest BCUT2D eigenvalue weighted by Gasteiger charge is -2.34. The number of hydrogen-bond donors (Lipinski definition) is 0. The van der Waals surface area contributed by atoms with E-state index < -0.39 is 5.60 Å². The molecule has 0 N–H and O–H groups in total. The highest BCUT2D eigenvalue weighted by molar-refractivity contribution is 6.01. The molecule has 7 heteroatoms. The van der Waals surface area contributed by atoms with E-state index in [4.69, 9.17) is 18.9 Å². The van der Waals surface area contributed by atoms with Crippen LogP contribution in [0.3, 0.4) is 0 Å². The first-order valence-corrected chi connectivity index (χ1v) is 9.47. The van der Waals surface area contributed by atoms with Gasteiger partial charge in [-0.15, -0.1) is 0 Å². The Morgan fingerprint density at radius 2 is 1.93 bits per heavy atom. The Bertz CT molecular complexity index is 943. The van der Waals surface area contributed by atoms with Gasteiger partial charge in [-0.1, -0.05) is 12.1 Å². The van der Waals surface area contributed by atoms with Gasteiger partial charge in [-0.2, -0.15) is 0 Å². The number of rotatable bonds is 5. The maximum Gasteiger partial charge on any atom is 0.260 e. The fourth-order valence-corrected chi connectivity index (χ4v) is 3.85. The quantitative estimate of drug-likeness (QED) is 0.772. The van der Waals surface area contributed by atoms with E-state index in [0.29, 0.717) is 48.1 Å². The maximum absolute atomic E-state index is 12.7. The van der Waals surface area contributed by atoms with Gasteiger partial charge in [0.2, 0.25) is 0 Å². The van der Waals surface area contributed by atoms with E-state index in [1.807, 2.05) is 12.1 Å². The lowest BCUT2D eigenvalue weighted by atomic mass is 9.89. The molecule has 1 saturated heterocycles. The van der Waals surface area contributed by atoms with Gasteiger partial charge in [0.1, 0.15) is 17.1 Å². The minimum atomic E-state index is -0.682. The van der Waals surface area contributed by atoms with Crippen LogP contribution in [0.5, 0.6) is 23.0 Å². The highest BCUT2D eigenvalue weighted by Gasteiger charge is 2.47. The normalized spacial score (nSPS) is 20.2. The number of hydrogen-bond acceptors (Lipinski definition) is 6. The van der Waals surface area contributed by atoms with Crippen molar-refractivity contribution in [2.24, 2.45) is 0 Å². The van der Waals surface area contributed by atoms with Crippen LogP contribution in [0.1, 0.15) is 23.2 Å². The zero-order valence-electron chi connectivity index (χ0n) is 16.5. The topological polar surface area (TPSA) is 74.3 Å². The molecule has 0 radical (unpaired) electrons. The zero-order chi connectivity index (χ0) is 20.4. The second-order valence-electron chi connectivity index (χ2n) is 7.25. The molecule has 1 unspecified atom stereocenters. The number of carbonyl (C=O) groups excluding carboxylic acids is 2. The fraction of sp³-hybridized carbons (Fsp3) is 0.364. The number of methoxy groups -OCH3 is 2. The van der Waals surface area contributed by atoms with Crippen LogP contribution >= 0.6 is 0 Å². The molecule has 7 nitrogen and oxygen atoms in total. The monoisotopic (exact) mass is 397 g/mol. The molecule has 152 valence electrons. The third-order valence-electron chi connectivity index (χ3n) is 5.39. The SMILES string of the molecule is COc1ccc2c(c1)C(=O)CC1(CCN(C(=O)COc3ccccc3OC)C1)O2. The molecule has 0 aromatic heterocycles. The van der Waals surface area contributed by atoms with E-state index in [9.17, 15) is 9.59 Å². The van der Waals surface area contributed by atoms with Crippen LogP contribution in [0.4, 0.5) is 0 Å². The summed E-state index contributed by atoms with van der Waals surface area (Å²) in [6, 6.07) is 12.4. The second kappa shape index (κ2) is 7.66. The van der Waals surface area contributed by atoms with Crippen LogP contribution in [-0.4, -0.2) is 56.1 Å². The summed E-state index contributed by atoms with van der Waals surface area (Å²) < 4.78 is 22.3. The van der Waals surface area contributed by atoms with Crippen molar-refractivity contribution in [2.75, 3.05) is 33.9 Å². The largest absolute Gasteiger partial charge is 0.497 e. The van der Waals surface area contributed by atoms with Gasteiger partial charge in [-0.3, -0.25) is 9.59 Å². The van der Waals surface area contributed by atoms with Crippen LogP contribution < -0.4 is 18.9 Å². The molecule has 2 aliphatic rings. The maximum atomic E-state index is 12.7. The molecule has 0 saturated carbocycles. The fourth-order valence-electron chi connectivity index (χ4n) is 3.85. The van der Waals surface area contributed by atoms with Crippen molar-refractivity contribution in [3.63, 3.8) is 0 Å². The zero-order valence-corrected chi connectivity index (χ0v) is 16.5. The molecule has 0 bridgehead atoms. The van der Waals surface area contributed by atoms with E-state index in [0.717, 1.165) is 0 Å². The first kappa shape index (κ1) is 19.1. The molecular weight excluding hydrogens is 374 g/mol. The average molecular weight is 397 g/mol. The number of para-hydroxylation sites is 2. The van der Waals surface area contributed by atoms with Crippen molar-refractivity contribution >= 4 is 11.7 Å². The Hall–Kier alpha value is -3.22. The smallest absolute Gasteiger partial charge is 0.260 e. The summed E-state index contributed by atoms with van der Waals surface area (Å²) in [7, 11) is 3.12. The van der Waals surface area contributed by atoms with Crippen molar-refractivity contribution in [1.82, 2.24) is 4.90 Å². The lowest BCUT2D eigenvalue weighted by molar-refractivity contribution is -0.133. The van der Waals surface area contributed by atoms with Crippen molar-refractivity contribution in [3.05, 3.63) is 48.0 Å². The number of Topliss-reactive ketones (excluding diaryl/α,β-unsaturated/α-hetero) is 1. The Morgan fingerprint density at radius 1 is 1.14 bits per heavy atom. The number of ketones is 1. The summed E-state index contributed by atoms with van der Waals surface area (Å²) in [6.45, 7) is 0.781. The van der Waals surface area contributed by atoms with Gasteiger partial charge in [0.15, 0.2) is 23.9 Å². The van der Waals surface area contributed by atoms with Crippen LogP contribution in [0.15, 0.2) is 42.5 Å². The minimum Gasteiger partial charge on any atom is -0.497 e. The van der Waals surface area contributed by atoms with Gasteiger partial charge in [0, 0.05) is 13.0 Å². The van der Waals surface area contributed by atoms with Gasteiger partial charge >= 0.3 is 0 Å². The summed E-state index contributed by atoms with van der Waals surface area (Å²) >= 11 is 0. The molecular formula is C22H23NO6. The first-order chi connectivity index (χ1) is 14.0. The van der Waals surface area contributed by atoms with E-state index in [2.05, 4.69) is 0 Å². The third-order valence-corrected chi connectivity index (χ3v) is 5.39. The second-order valence-corrected chi connectivity index (χ2v) is 7.25. The highest BCUT2D eigenvalue weighted by Crippen LogP contribution is 2.40. The van der Waals surface area contributed by atoms with Crippen LogP contribution in [0, 0.1) is 0 Å². The number of ether oxygens (including phenoxy) is 4. The predicted octanol–water partition coefficient (Wildman–Crippen LogP) is 2.72. The van der Waals surface area contributed by atoms with Gasteiger partial charge in [0.25, 0.3) is 5.91 Å². The number of benzene rings is 2. The Kier molecular flexibility index (Phi) is 5.05. The molecule has 29 heavy (non-hydrogen) atoms. The summed E-state index contributed by atoms with van der Waals surface area (Å²) in [5.41, 5.74) is -0.155. The number of fused-ring (bicyclic) bond motifs is 1. The van der Waals surface area contributed by atoms with Gasteiger partial charge in [-0.25, -0.2) is 0 Å². The van der Waals surface area contributed by atoms with Crippen LogP contribution in [-0.2, 0) is 4.79 Å². The molecule has 1 fully saturated rings. The van der Waals surface area contributed by atoms with E-state index in [-0.39, 0.29) is 24.7 Å². The average Bonchev–Trinajstić information content (AvgIpc) is 3.15. The van der Waals surface area contributed by atoms with Gasteiger partial charge in [0.05, 0.1) is 32.7 Å². The van der Waals surface area contributed by atoms with Crippen LogP contribution in [0.25, 0.3) is 0 Å². The number of likely N-dealkylation sites (tertiary alicyclic amines) is 1. The van der Waals surface area contributed by atoms with Gasteiger partial charge in [-0.05, 0) is 30.3 Å². The number of carbonyl (C=O) groups is 2. The summed E-state index contributed by atoms with van der Waals surface area (Å²) in [6.07, 6.45) is 0.842. The van der Waals surface area contributed by atoms with E-state index >= 15 is 0 Å². The first-order valence-electron chi connectivity index (χ1n) is 9.47. The molecule has 2 aromatic carbocycles.